The predicted molar refractivity (Wildman–Crippen MR) is 101 cm³/mol. The van der Waals surface area contributed by atoms with E-state index in [-0.39, 0.29) is 12.1 Å². The first-order valence-electron chi connectivity index (χ1n) is 8.75. The number of hydrogen-bond donors (Lipinski definition) is 2. The lowest BCUT2D eigenvalue weighted by Crippen LogP contribution is -2.40. The molecule has 0 bridgehead atoms. The molecule has 26 heavy (non-hydrogen) atoms. The summed E-state index contributed by atoms with van der Waals surface area (Å²) in [7, 11) is 4.01. The number of fused-ring (bicyclic) bond motifs is 1. The number of ether oxygens (including phenoxy) is 2. The van der Waals surface area contributed by atoms with Gasteiger partial charge in [-0.1, -0.05) is 36.4 Å². The zero-order valence-corrected chi connectivity index (χ0v) is 15.2. The van der Waals surface area contributed by atoms with Crippen LogP contribution < -0.4 is 20.1 Å². The zero-order chi connectivity index (χ0) is 18.4. The summed E-state index contributed by atoms with van der Waals surface area (Å²) in [5.41, 5.74) is 2.14. The normalized spacial score (nSPS) is 14.0. The third-order valence-electron chi connectivity index (χ3n) is 4.32. The Hall–Kier alpha value is -2.73. The maximum atomic E-state index is 12.2. The molecule has 1 atom stereocenters. The Morgan fingerprint density at radius 1 is 1.04 bits per heavy atom. The number of nitrogens with one attached hydrogen (secondary N) is 2. The highest BCUT2D eigenvalue weighted by Crippen LogP contribution is 2.30. The van der Waals surface area contributed by atoms with Crippen molar-refractivity contribution in [1.82, 2.24) is 15.5 Å². The molecule has 1 unspecified atom stereocenters. The fraction of sp³-hybridized carbons (Fsp3) is 0.350. The van der Waals surface area contributed by atoms with Crippen molar-refractivity contribution in [2.24, 2.45) is 0 Å². The molecule has 3 rings (SSSR count). The number of carbonyl (C=O) groups is 1. The zero-order valence-electron chi connectivity index (χ0n) is 15.2. The highest BCUT2D eigenvalue weighted by atomic mass is 16.6. The molecule has 6 nitrogen and oxygen atoms in total. The molecule has 2 aromatic carbocycles. The minimum absolute atomic E-state index is 0.122. The van der Waals surface area contributed by atoms with Crippen LogP contribution in [0.1, 0.15) is 17.2 Å². The van der Waals surface area contributed by atoms with E-state index < -0.39 is 0 Å². The molecule has 0 saturated heterocycles. The Bertz CT molecular complexity index is 734. The third-order valence-corrected chi connectivity index (χ3v) is 4.32. The van der Waals surface area contributed by atoms with E-state index >= 15 is 0 Å². The number of carbonyl (C=O) groups excluding carboxylic acids is 1. The molecule has 2 aromatic rings. The number of hydrogen-bond acceptors (Lipinski definition) is 4. The van der Waals surface area contributed by atoms with Gasteiger partial charge in [0.15, 0.2) is 11.5 Å². The smallest absolute Gasteiger partial charge is 0.315 e. The molecule has 0 spiro atoms. The van der Waals surface area contributed by atoms with E-state index in [9.17, 15) is 4.79 Å². The second-order valence-electron chi connectivity index (χ2n) is 6.43. The maximum absolute atomic E-state index is 12.2. The van der Waals surface area contributed by atoms with E-state index in [0.717, 1.165) is 17.1 Å². The molecule has 0 aromatic heterocycles. The fourth-order valence-electron chi connectivity index (χ4n) is 2.91. The average Bonchev–Trinajstić information content (AvgIpc) is 2.67. The summed E-state index contributed by atoms with van der Waals surface area (Å²) in [5, 5.41) is 5.83. The summed E-state index contributed by atoms with van der Waals surface area (Å²) in [4.78, 5) is 14.3. The molecule has 0 saturated carbocycles. The Morgan fingerprint density at radius 2 is 1.77 bits per heavy atom. The van der Waals surface area contributed by atoms with Crippen molar-refractivity contribution in [3.63, 3.8) is 0 Å². The van der Waals surface area contributed by atoms with Gasteiger partial charge < -0.3 is 25.0 Å². The van der Waals surface area contributed by atoms with Crippen LogP contribution in [-0.2, 0) is 6.54 Å². The van der Waals surface area contributed by atoms with E-state index in [1.54, 1.807) is 0 Å². The van der Waals surface area contributed by atoms with Gasteiger partial charge in [0.05, 0.1) is 6.04 Å². The van der Waals surface area contributed by atoms with Gasteiger partial charge in [-0.05, 0) is 37.4 Å². The minimum atomic E-state index is -0.192. The van der Waals surface area contributed by atoms with E-state index in [4.69, 9.17) is 9.47 Å². The van der Waals surface area contributed by atoms with Crippen molar-refractivity contribution in [1.29, 1.82) is 0 Å². The van der Waals surface area contributed by atoms with Gasteiger partial charge in [0, 0.05) is 13.1 Å². The van der Waals surface area contributed by atoms with Crippen molar-refractivity contribution in [2.75, 3.05) is 33.9 Å². The predicted octanol–water partition coefficient (Wildman–Crippen LogP) is 2.56. The van der Waals surface area contributed by atoms with Crippen LogP contribution in [0.25, 0.3) is 0 Å². The van der Waals surface area contributed by atoms with Crippen molar-refractivity contribution in [3.05, 3.63) is 59.7 Å². The lowest BCUT2D eigenvalue weighted by molar-refractivity contribution is 0.171. The lowest BCUT2D eigenvalue weighted by Gasteiger charge is -2.25. The molecule has 0 radical (unpaired) electrons. The summed E-state index contributed by atoms with van der Waals surface area (Å²) in [5.74, 6) is 1.48. The van der Waals surface area contributed by atoms with Crippen LogP contribution in [0, 0.1) is 0 Å². The molecular formula is C20H25N3O3. The Balaban J connectivity index is 1.51. The number of nitrogens with zero attached hydrogens (tertiary/aromatic N) is 1. The molecule has 138 valence electrons. The second kappa shape index (κ2) is 8.58. The van der Waals surface area contributed by atoms with Crippen molar-refractivity contribution < 1.29 is 14.3 Å². The summed E-state index contributed by atoms with van der Waals surface area (Å²) >= 11 is 0. The third kappa shape index (κ3) is 4.67. The van der Waals surface area contributed by atoms with Gasteiger partial charge in [-0.25, -0.2) is 4.79 Å². The lowest BCUT2D eigenvalue weighted by atomic mass is 10.1. The van der Waals surface area contributed by atoms with E-state index in [1.165, 1.54) is 5.56 Å². The molecule has 2 N–H and O–H groups in total. The topological polar surface area (TPSA) is 62.8 Å². The molecule has 1 heterocycles. The Kier molecular flexibility index (Phi) is 5.96. The number of urea groups is 1. The van der Waals surface area contributed by atoms with Crippen molar-refractivity contribution in [3.8, 4) is 11.5 Å². The average molecular weight is 355 g/mol. The summed E-state index contributed by atoms with van der Waals surface area (Å²) in [6, 6.07) is 15.8. The van der Waals surface area contributed by atoms with Gasteiger partial charge >= 0.3 is 6.03 Å². The number of amides is 2. The van der Waals surface area contributed by atoms with Crippen LogP contribution in [0.15, 0.2) is 48.5 Å². The molecular weight excluding hydrogens is 330 g/mol. The highest BCUT2D eigenvalue weighted by molar-refractivity contribution is 5.73. The molecule has 1 aliphatic rings. The van der Waals surface area contributed by atoms with Crippen LogP contribution >= 0.6 is 0 Å². The van der Waals surface area contributed by atoms with Crippen LogP contribution in [0.5, 0.6) is 11.5 Å². The van der Waals surface area contributed by atoms with Crippen LogP contribution in [-0.4, -0.2) is 44.8 Å². The highest BCUT2D eigenvalue weighted by Gasteiger charge is 2.15. The first-order chi connectivity index (χ1) is 12.6. The fourth-order valence-corrected chi connectivity index (χ4v) is 2.91. The molecule has 1 aliphatic heterocycles. The van der Waals surface area contributed by atoms with Crippen LogP contribution in [0.4, 0.5) is 4.79 Å². The number of rotatable bonds is 6. The Labute approximate surface area is 154 Å². The van der Waals surface area contributed by atoms with E-state index in [1.807, 2.05) is 50.5 Å². The van der Waals surface area contributed by atoms with Gasteiger partial charge in [-0.3, -0.25) is 0 Å². The van der Waals surface area contributed by atoms with E-state index in [0.29, 0.717) is 26.3 Å². The monoisotopic (exact) mass is 355 g/mol. The maximum Gasteiger partial charge on any atom is 0.315 e. The van der Waals surface area contributed by atoms with Gasteiger partial charge in [0.1, 0.15) is 13.2 Å². The van der Waals surface area contributed by atoms with Crippen LogP contribution in [0.3, 0.4) is 0 Å². The first-order valence-corrected chi connectivity index (χ1v) is 8.75. The molecule has 6 heteroatoms. The largest absolute Gasteiger partial charge is 0.486 e. The quantitative estimate of drug-likeness (QED) is 0.836. The Morgan fingerprint density at radius 3 is 2.50 bits per heavy atom. The van der Waals surface area contributed by atoms with Crippen LogP contribution in [0.2, 0.25) is 0 Å². The second-order valence-corrected chi connectivity index (χ2v) is 6.43. The first kappa shape index (κ1) is 18.1. The summed E-state index contributed by atoms with van der Waals surface area (Å²) < 4.78 is 11.1. The molecule has 0 aliphatic carbocycles. The standard InChI is InChI=1S/C20H25N3O3/c1-23(2)17(16-6-4-3-5-7-16)14-22-20(24)21-13-15-8-9-18-19(12-15)26-11-10-25-18/h3-9,12,17H,10-11,13-14H2,1-2H3,(H2,21,22,24). The SMILES string of the molecule is CN(C)C(CNC(=O)NCc1ccc2c(c1)OCCO2)c1ccccc1. The van der Waals surface area contributed by atoms with E-state index in [2.05, 4.69) is 27.7 Å². The minimum Gasteiger partial charge on any atom is -0.486 e. The van der Waals surface area contributed by atoms with Gasteiger partial charge in [0.2, 0.25) is 0 Å². The van der Waals surface area contributed by atoms with Gasteiger partial charge in [-0.15, -0.1) is 0 Å². The number of benzene rings is 2. The van der Waals surface area contributed by atoms with Crippen molar-refractivity contribution >= 4 is 6.03 Å². The summed E-state index contributed by atoms with van der Waals surface area (Å²) in [6.45, 7) is 2.08. The van der Waals surface area contributed by atoms with Gasteiger partial charge in [0.25, 0.3) is 0 Å². The summed E-state index contributed by atoms with van der Waals surface area (Å²) in [6.07, 6.45) is 0. The molecule has 2 amide bonds. The number of likely N-dealkylation sites (N-methyl/N-ethyl adjacent to an activating group) is 1. The van der Waals surface area contributed by atoms with Gasteiger partial charge in [-0.2, -0.15) is 0 Å². The van der Waals surface area contributed by atoms with Crippen molar-refractivity contribution in [2.45, 2.75) is 12.6 Å². The molecule has 0 fully saturated rings.